The van der Waals surface area contributed by atoms with Crippen LogP contribution in [-0.4, -0.2) is 41.8 Å². The van der Waals surface area contributed by atoms with E-state index in [1.807, 2.05) is 12.1 Å². The fourth-order valence-electron chi connectivity index (χ4n) is 2.75. The maximum absolute atomic E-state index is 11.4. The van der Waals surface area contributed by atoms with Crippen LogP contribution in [0.25, 0.3) is 0 Å². The number of rotatable bonds is 1. The van der Waals surface area contributed by atoms with Crippen LogP contribution in [0.3, 0.4) is 0 Å². The fraction of sp³-hybridized carbons (Fsp3) is 0.533. The molecule has 0 saturated carbocycles. The van der Waals surface area contributed by atoms with Crippen molar-refractivity contribution in [3.63, 3.8) is 0 Å². The molecule has 116 valence electrons. The molecule has 5 N–H and O–H groups in total. The van der Waals surface area contributed by atoms with E-state index in [-0.39, 0.29) is 11.5 Å². The van der Waals surface area contributed by atoms with Gasteiger partial charge in [0.2, 0.25) is 0 Å². The van der Waals surface area contributed by atoms with Gasteiger partial charge in [-0.15, -0.1) is 0 Å². The van der Waals surface area contributed by atoms with Gasteiger partial charge in [-0.05, 0) is 23.6 Å². The Balaban J connectivity index is 2.25. The van der Waals surface area contributed by atoms with E-state index in [0.717, 1.165) is 5.69 Å². The molecule has 1 aliphatic heterocycles. The van der Waals surface area contributed by atoms with Gasteiger partial charge in [-0.25, -0.2) is 4.79 Å². The molecule has 1 heterocycles. The molecule has 6 nitrogen and oxygen atoms in total. The van der Waals surface area contributed by atoms with Gasteiger partial charge >= 0.3 is 6.09 Å². The minimum absolute atomic E-state index is 0.0671. The van der Waals surface area contributed by atoms with E-state index in [9.17, 15) is 9.90 Å². The summed E-state index contributed by atoms with van der Waals surface area (Å²) in [7, 11) is 0. The highest BCUT2D eigenvalue weighted by Crippen LogP contribution is 2.31. The number of hydrogen-bond donors (Lipinski definition) is 3. The highest BCUT2D eigenvalue weighted by Gasteiger charge is 2.38. The second kappa shape index (κ2) is 5.35. The summed E-state index contributed by atoms with van der Waals surface area (Å²) in [5.41, 5.74) is 13.6. The van der Waals surface area contributed by atoms with Crippen molar-refractivity contribution in [3.8, 4) is 0 Å². The smallest absolute Gasteiger partial charge is 0.407 e. The van der Waals surface area contributed by atoms with Crippen molar-refractivity contribution in [3.05, 3.63) is 18.2 Å². The van der Waals surface area contributed by atoms with Gasteiger partial charge in [-0.1, -0.05) is 20.8 Å². The van der Waals surface area contributed by atoms with Gasteiger partial charge in [-0.2, -0.15) is 0 Å². The molecule has 21 heavy (non-hydrogen) atoms. The number of carboxylic acid groups (broad SMARTS) is 1. The number of nitrogens with zero attached hydrogens (tertiary/aromatic N) is 2. The first-order valence-electron chi connectivity index (χ1n) is 7.09. The largest absolute Gasteiger partial charge is 0.465 e. The van der Waals surface area contributed by atoms with E-state index in [4.69, 9.17) is 11.5 Å². The van der Waals surface area contributed by atoms with Crippen LogP contribution in [0.5, 0.6) is 0 Å². The monoisotopic (exact) mass is 292 g/mol. The first-order valence-corrected chi connectivity index (χ1v) is 7.09. The number of anilines is 3. The molecule has 0 aromatic heterocycles. The van der Waals surface area contributed by atoms with E-state index in [0.29, 0.717) is 31.0 Å². The Labute approximate surface area is 125 Å². The number of carbonyl (C=O) groups is 1. The SMILES string of the molecule is CC(C)(C)C1CN(c2ccc(N)c(N)c2)CCN1C(=O)O. The molecule has 1 unspecified atom stereocenters. The fourth-order valence-corrected chi connectivity index (χ4v) is 2.75. The average Bonchev–Trinajstić information content (AvgIpc) is 2.40. The maximum Gasteiger partial charge on any atom is 0.407 e. The second-order valence-corrected chi connectivity index (χ2v) is 6.62. The predicted octanol–water partition coefficient (Wildman–Crippen LogP) is 2.07. The second-order valence-electron chi connectivity index (χ2n) is 6.62. The van der Waals surface area contributed by atoms with E-state index >= 15 is 0 Å². The molecule has 1 aromatic carbocycles. The summed E-state index contributed by atoms with van der Waals surface area (Å²) in [4.78, 5) is 15.1. The minimum Gasteiger partial charge on any atom is -0.465 e. The van der Waals surface area contributed by atoms with Crippen molar-refractivity contribution < 1.29 is 9.90 Å². The lowest BCUT2D eigenvalue weighted by atomic mass is 9.84. The molecule has 2 rings (SSSR count). The van der Waals surface area contributed by atoms with Crippen molar-refractivity contribution in [2.75, 3.05) is 36.0 Å². The number of benzene rings is 1. The highest BCUT2D eigenvalue weighted by molar-refractivity contribution is 5.70. The molecule has 1 saturated heterocycles. The first-order chi connectivity index (χ1) is 9.70. The lowest BCUT2D eigenvalue weighted by Gasteiger charge is -2.46. The molecule has 1 fully saturated rings. The Morgan fingerprint density at radius 3 is 2.43 bits per heavy atom. The molecule has 0 radical (unpaired) electrons. The lowest BCUT2D eigenvalue weighted by molar-refractivity contribution is 0.0748. The highest BCUT2D eigenvalue weighted by atomic mass is 16.4. The van der Waals surface area contributed by atoms with Gasteiger partial charge in [-0.3, -0.25) is 0 Å². The van der Waals surface area contributed by atoms with Gasteiger partial charge in [0.25, 0.3) is 0 Å². The third-order valence-electron chi connectivity index (χ3n) is 4.06. The van der Waals surface area contributed by atoms with Crippen LogP contribution in [0.2, 0.25) is 0 Å². The standard InChI is InChI=1S/C15H24N4O2/c1-15(2,3)13-9-18(6-7-19(13)14(20)21)10-4-5-11(16)12(17)8-10/h4-5,8,13H,6-7,9,16-17H2,1-3H3,(H,20,21). The Bertz CT molecular complexity index is 539. The number of piperazine rings is 1. The summed E-state index contributed by atoms with van der Waals surface area (Å²) < 4.78 is 0. The Kier molecular flexibility index (Phi) is 3.89. The van der Waals surface area contributed by atoms with Crippen molar-refractivity contribution in [2.45, 2.75) is 26.8 Å². The topological polar surface area (TPSA) is 95.8 Å². The molecule has 0 bridgehead atoms. The van der Waals surface area contributed by atoms with Crippen LogP contribution in [0.1, 0.15) is 20.8 Å². The summed E-state index contributed by atoms with van der Waals surface area (Å²) in [5.74, 6) is 0. The number of nitrogen functional groups attached to an aromatic ring is 2. The Hall–Kier alpha value is -2.11. The zero-order chi connectivity index (χ0) is 15.8. The summed E-state index contributed by atoms with van der Waals surface area (Å²) in [5, 5.41) is 9.38. The van der Waals surface area contributed by atoms with Crippen LogP contribution in [0.4, 0.5) is 21.9 Å². The zero-order valence-electron chi connectivity index (χ0n) is 12.8. The van der Waals surface area contributed by atoms with Crippen molar-refractivity contribution in [1.82, 2.24) is 4.90 Å². The van der Waals surface area contributed by atoms with Gasteiger partial charge in [0.1, 0.15) is 0 Å². The lowest BCUT2D eigenvalue weighted by Crippen LogP contribution is -2.59. The van der Waals surface area contributed by atoms with Gasteiger partial charge < -0.3 is 26.4 Å². The molecule has 1 atom stereocenters. The van der Waals surface area contributed by atoms with Crippen LogP contribution in [0, 0.1) is 5.41 Å². The molecular weight excluding hydrogens is 268 g/mol. The van der Waals surface area contributed by atoms with Crippen LogP contribution in [-0.2, 0) is 0 Å². The van der Waals surface area contributed by atoms with Crippen molar-refractivity contribution in [2.24, 2.45) is 5.41 Å². The van der Waals surface area contributed by atoms with Crippen LogP contribution in [0.15, 0.2) is 18.2 Å². The van der Waals surface area contributed by atoms with E-state index in [1.165, 1.54) is 4.90 Å². The van der Waals surface area contributed by atoms with Crippen LogP contribution < -0.4 is 16.4 Å². The van der Waals surface area contributed by atoms with E-state index in [2.05, 4.69) is 25.7 Å². The van der Waals surface area contributed by atoms with Crippen molar-refractivity contribution in [1.29, 1.82) is 0 Å². The van der Waals surface area contributed by atoms with Gasteiger partial charge in [0.15, 0.2) is 0 Å². The Morgan fingerprint density at radius 2 is 1.90 bits per heavy atom. The average molecular weight is 292 g/mol. The molecule has 6 heteroatoms. The normalized spacial score (nSPS) is 19.7. The molecule has 1 aromatic rings. The predicted molar refractivity (Wildman–Crippen MR) is 85.5 cm³/mol. The van der Waals surface area contributed by atoms with E-state index in [1.54, 1.807) is 6.07 Å². The summed E-state index contributed by atoms with van der Waals surface area (Å²) in [6.45, 7) is 7.99. The van der Waals surface area contributed by atoms with Gasteiger partial charge in [0.05, 0.1) is 17.4 Å². The third-order valence-corrected chi connectivity index (χ3v) is 4.06. The van der Waals surface area contributed by atoms with Crippen molar-refractivity contribution >= 4 is 23.2 Å². The molecule has 0 aliphatic carbocycles. The molecular formula is C15H24N4O2. The summed E-state index contributed by atoms with van der Waals surface area (Å²) in [6, 6.07) is 5.51. The number of nitrogens with two attached hydrogens (primary N) is 2. The Morgan fingerprint density at radius 1 is 1.24 bits per heavy atom. The maximum atomic E-state index is 11.4. The number of amides is 1. The first kappa shape index (κ1) is 15.3. The molecule has 1 aliphatic rings. The molecule has 0 spiro atoms. The summed E-state index contributed by atoms with van der Waals surface area (Å²) >= 11 is 0. The molecule has 1 amide bonds. The van der Waals surface area contributed by atoms with Crippen LogP contribution >= 0.6 is 0 Å². The quantitative estimate of drug-likeness (QED) is 0.689. The number of hydrogen-bond acceptors (Lipinski definition) is 4. The zero-order valence-corrected chi connectivity index (χ0v) is 12.8. The minimum atomic E-state index is -0.855. The third kappa shape index (κ3) is 3.15. The van der Waals surface area contributed by atoms with E-state index < -0.39 is 6.09 Å². The van der Waals surface area contributed by atoms with Gasteiger partial charge in [0, 0.05) is 25.3 Å². The summed E-state index contributed by atoms with van der Waals surface area (Å²) in [6.07, 6.45) is -0.855.